The summed E-state index contributed by atoms with van der Waals surface area (Å²) in [4.78, 5) is 4.45. The normalized spacial score (nSPS) is 10.8. The average Bonchev–Trinajstić information content (AvgIpc) is 2.62. The first-order chi connectivity index (χ1) is 8.88. The Kier molecular flexibility index (Phi) is 3.58. The monoisotopic (exact) mass is 323 g/mol. The summed E-state index contributed by atoms with van der Waals surface area (Å²) in [5.74, 6) is 1.40. The highest BCUT2D eigenvalue weighted by Crippen LogP contribution is 2.37. The van der Waals surface area contributed by atoms with Crippen molar-refractivity contribution in [3.05, 3.63) is 27.4 Å². The van der Waals surface area contributed by atoms with Gasteiger partial charge in [0.1, 0.15) is 16.0 Å². The number of ether oxygens (including phenoxy) is 1. The molecule has 0 bridgehead atoms. The van der Waals surface area contributed by atoms with E-state index in [1.807, 2.05) is 17.7 Å². The van der Waals surface area contributed by atoms with Crippen LogP contribution < -0.4 is 10.5 Å². The molecule has 102 valence electrons. The lowest BCUT2D eigenvalue weighted by molar-refractivity contribution is 0.411. The maximum atomic E-state index is 5.87. The molecule has 0 fully saturated rings. The highest BCUT2D eigenvalue weighted by Gasteiger charge is 2.19. The van der Waals surface area contributed by atoms with Gasteiger partial charge in [0.25, 0.3) is 0 Å². The van der Waals surface area contributed by atoms with Crippen molar-refractivity contribution >= 4 is 21.9 Å². The van der Waals surface area contributed by atoms with Crippen molar-refractivity contribution in [1.29, 1.82) is 0 Å². The molecule has 0 unspecified atom stereocenters. The van der Waals surface area contributed by atoms with Gasteiger partial charge < -0.3 is 15.0 Å². The van der Waals surface area contributed by atoms with Gasteiger partial charge in [-0.3, -0.25) is 0 Å². The number of aryl methyl sites for hydroxylation is 1. The molecule has 1 aromatic heterocycles. The van der Waals surface area contributed by atoms with Crippen LogP contribution in [0.2, 0.25) is 0 Å². The topological polar surface area (TPSA) is 53.1 Å². The number of nitrogens with zero attached hydrogens (tertiary/aromatic N) is 2. The third-order valence-corrected chi connectivity index (χ3v) is 4.47. The molecule has 0 spiro atoms. The summed E-state index contributed by atoms with van der Waals surface area (Å²) in [6, 6.07) is 2.04. The van der Waals surface area contributed by atoms with Crippen molar-refractivity contribution in [3.63, 3.8) is 0 Å². The van der Waals surface area contributed by atoms with Gasteiger partial charge in [-0.2, -0.15) is 0 Å². The zero-order valence-electron chi connectivity index (χ0n) is 11.8. The number of anilines is 1. The first-order valence-electron chi connectivity index (χ1n) is 6.01. The second-order valence-electron chi connectivity index (χ2n) is 4.69. The molecular weight excluding hydrogens is 306 g/mol. The molecule has 0 radical (unpaired) electrons. The zero-order valence-corrected chi connectivity index (χ0v) is 13.4. The summed E-state index contributed by atoms with van der Waals surface area (Å²) in [6.07, 6.45) is 0. The first-order valence-corrected chi connectivity index (χ1v) is 6.80. The van der Waals surface area contributed by atoms with E-state index in [0.717, 1.165) is 38.3 Å². The van der Waals surface area contributed by atoms with E-state index in [-0.39, 0.29) is 0 Å². The number of methoxy groups -OCH3 is 1. The van der Waals surface area contributed by atoms with E-state index in [9.17, 15) is 0 Å². The minimum absolute atomic E-state index is 0.495. The highest BCUT2D eigenvalue weighted by atomic mass is 79.9. The van der Waals surface area contributed by atoms with Crippen LogP contribution in [0.25, 0.3) is 11.3 Å². The average molecular weight is 324 g/mol. The predicted octanol–water partition coefficient (Wildman–Crippen LogP) is 3.37. The molecule has 2 aromatic rings. The van der Waals surface area contributed by atoms with Crippen LogP contribution in [0.3, 0.4) is 0 Å². The molecule has 2 rings (SSSR count). The standard InChI is InChI=1S/C14H18BrN3O/c1-7-6-10(19-5)8(2)9(3)11(7)12-13(15)18(4)14(16)17-12/h6H,1-5H3,(H2,16,17). The SMILES string of the molecule is COc1cc(C)c(-c2nc(N)n(C)c2Br)c(C)c1C. The molecule has 0 aliphatic heterocycles. The maximum Gasteiger partial charge on any atom is 0.201 e. The molecule has 1 heterocycles. The predicted molar refractivity (Wildman–Crippen MR) is 81.5 cm³/mol. The number of hydrogen-bond donors (Lipinski definition) is 1. The van der Waals surface area contributed by atoms with Crippen molar-refractivity contribution in [1.82, 2.24) is 9.55 Å². The smallest absolute Gasteiger partial charge is 0.201 e. The Morgan fingerprint density at radius 2 is 1.89 bits per heavy atom. The van der Waals surface area contributed by atoms with Crippen LogP contribution in [0.1, 0.15) is 16.7 Å². The van der Waals surface area contributed by atoms with Crippen LogP contribution in [-0.2, 0) is 7.05 Å². The van der Waals surface area contributed by atoms with E-state index in [0.29, 0.717) is 5.95 Å². The third kappa shape index (κ3) is 2.12. The van der Waals surface area contributed by atoms with Gasteiger partial charge in [0, 0.05) is 12.6 Å². The maximum absolute atomic E-state index is 5.87. The Balaban J connectivity index is 2.76. The largest absolute Gasteiger partial charge is 0.496 e. The van der Waals surface area contributed by atoms with Gasteiger partial charge in [0.15, 0.2) is 0 Å². The van der Waals surface area contributed by atoms with Crippen LogP contribution >= 0.6 is 15.9 Å². The lowest BCUT2D eigenvalue weighted by Crippen LogP contribution is -1.97. The summed E-state index contributed by atoms with van der Waals surface area (Å²) in [5.41, 5.74) is 11.3. The van der Waals surface area contributed by atoms with Gasteiger partial charge >= 0.3 is 0 Å². The lowest BCUT2D eigenvalue weighted by Gasteiger charge is -2.15. The quantitative estimate of drug-likeness (QED) is 0.921. The number of nitrogen functional groups attached to an aromatic ring is 1. The number of halogens is 1. The van der Waals surface area contributed by atoms with Crippen LogP contribution in [0.5, 0.6) is 5.75 Å². The number of hydrogen-bond acceptors (Lipinski definition) is 3. The van der Waals surface area contributed by atoms with Gasteiger partial charge in [-0.1, -0.05) is 0 Å². The van der Waals surface area contributed by atoms with Crippen molar-refractivity contribution in [2.75, 3.05) is 12.8 Å². The molecule has 0 saturated carbocycles. The summed E-state index contributed by atoms with van der Waals surface area (Å²) >= 11 is 3.56. The van der Waals surface area contributed by atoms with Crippen LogP contribution in [0.4, 0.5) is 5.95 Å². The van der Waals surface area contributed by atoms with Gasteiger partial charge in [-0.25, -0.2) is 4.98 Å². The van der Waals surface area contributed by atoms with E-state index >= 15 is 0 Å². The molecule has 1 aromatic carbocycles. The number of benzene rings is 1. The van der Waals surface area contributed by atoms with Crippen molar-refractivity contribution in [2.45, 2.75) is 20.8 Å². The second kappa shape index (κ2) is 4.89. The third-order valence-electron chi connectivity index (χ3n) is 3.57. The Morgan fingerprint density at radius 1 is 1.26 bits per heavy atom. The molecule has 0 atom stereocenters. The number of imidazole rings is 1. The fourth-order valence-electron chi connectivity index (χ4n) is 2.28. The molecule has 0 aliphatic rings. The van der Waals surface area contributed by atoms with Crippen LogP contribution in [0.15, 0.2) is 10.7 Å². The van der Waals surface area contributed by atoms with Crippen molar-refractivity contribution < 1.29 is 4.74 Å². The number of aromatic nitrogens is 2. The van der Waals surface area contributed by atoms with Crippen molar-refractivity contribution in [3.8, 4) is 17.0 Å². The van der Waals surface area contributed by atoms with Gasteiger partial charge in [0.2, 0.25) is 5.95 Å². The van der Waals surface area contributed by atoms with Crippen LogP contribution in [0, 0.1) is 20.8 Å². The summed E-state index contributed by atoms with van der Waals surface area (Å²) in [5, 5.41) is 0. The van der Waals surface area contributed by atoms with Crippen LogP contribution in [-0.4, -0.2) is 16.7 Å². The van der Waals surface area contributed by atoms with E-state index in [1.54, 1.807) is 7.11 Å². The Hall–Kier alpha value is -1.49. The van der Waals surface area contributed by atoms with E-state index < -0.39 is 0 Å². The number of nitrogens with two attached hydrogens (primary N) is 1. The summed E-state index contributed by atoms with van der Waals surface area (Å²) in [7, 11) is 3.58. The minimum Gasteiger partial charge on any atom is -0.496 e. The van der Waals surface area contributed by atoms with E-state index in [2.05, 4.69) is 41.7 Å². The molecule has 5 heteroatoms. The summed E-state index contributed by atoms with van der Waals surface area (Å²) in [6.45, 7) is 6.19. The second-order valence-corrected chi connectivity index (χ2v) is 5.44. The van der Waals surface area contributed by atoms with Gasteiger partial charge in [0.05, 0.1) is 7.11 Å². The molecule has 0 amide bonds. The minimum atomic E-state index is 0.495. The molecular formula is C14H18BrN3O. The fourth-order valence-corrected chi connectivity index (χ4v) is 2.74. The first kappa shape index (κ1) is 13.9. The Labute approximate surface area is 121 Å². The Morgan fingerprint density at radius 3 is 2.37 bits per heavy atom. The van der Waals surface area contributed by atoms with Crippen molar-refractivity contribution in [2.24, 2.45) is 7.05 Å². The molecule has 4 nitrogen and oxygen atoms in total. The fraction of sp³-hybridized carbons (Fsp3) is 0.357. The molecule has 2 N–H and O–H groups in total. The lowest BCUT2D eigenvalue weighted by atomic mass is 9.95. The molecule has 0 saturated heterocycles. The summed E-state index contributed by atoms with van der Waals surface area (Å²) < 4.78 is 8.11. The Bertz CT molecular complexity index is 647. The highest BCUT2D eigenvalue weighted by molar-refractivity contribution is 9.10. The molecule has 19 heavy (non-hydrogen) atoms. The van der Waals surface area contributed by atoms with E-state index in [4.69, 9.17) is 10.5 Å². The zero-order chi connectivity index (χ0) is 14.3. The van der Waals surface area contributed by atoms with E-state index in [1.165, 1.54) is 0 Å². The molecule has 0 aliphatic carbocycles. The number of rotatable bonds is 2. The van der Waals surface area contributed by atoms with Gasteiger partial charge in [-0.05, 0) is 59.5 Å². The van der Waals surface area contributed by atoms with Gasteiger partial charge in [-0.15, -0.1) is 0 Å².